The topological polar surface area (TPSA) is 46.5 Å². The predicted octanol–water partition coefficient (Wildman–Crippen LogP) is 0.319. The second kappa shape index (κ2) is 2.21. The van der Waals surface area contributed by atoms with Crippen molar-refractivity contribution in [3.05, 3.63) is 0 Å². The van der Waals surface area contributed by atoms with Crippen molar-refractivity contribution in [1.29, 1.82) is 0 Å². The molecule has 2 saturated carbocycles. The van der Waals surface area contributed by atoms with Crippen molar-refractivity contribution in [2.45, 2.75) is 32.0 Å². The zero-order valence-electron chi connectivity index (χ0n) is 6.49. The van der Waals surface area contributed by atoms with E-state index in [1.165, 1.54) is 6.92 Å². The molecule has 3 nitrogen and oxygen atoms in total. The van der Waals surface area contributed by atoms with Gasteiger partial charge in [-0.3, -0.25) is 4.79 Å². The van der Waals surface area contributed by atoms with E-state index in [1.54, 1.807) is 0 Å². The van der Waals surface area contributed by atoms with Gasteiger partial charge >= 0.3 is 5.97 Å². The summed E-state index contributed by atoms with van der Waals surface area (Å²) in [5.74, 6) is 0.669. The molecule has 2 fully saturated rings. The summed E-state index contributed by atoms with van der Waals surface area (Å²) in [5.41, 5.74) is 0. The van der Waals surface area contributed by atoms with Gasteiger partial charge in [0.2, 0.25) is 0 Å². The van der Waals surface area contributed by atoms with E-state index in [0.717, 1.165) is 6.42 Å². The zero-order chi connectivity index (χ0) is 8.01. The molecule has 0 amide bonds. The van der Waals surface area contributed by atoms with Gasteiger partial charge in [0.15, 0.2) is 0 Å². The van der Waals surface area contributed by atoms with Crippen LogP contribution in [0.15, 0.2) is 0 Å². The Kier molecular flexibility index (Phi) is 1.42. The van der Waals surface area contributed by atoms with Gasteiger partial charge in [-0.15, -0.1) is 0 Å². The Morgan fingerprint density at radius 3 is 2.55 bits per heavy atom. The Morgan fingerprint density at radius 1 is 1.45 bits per heavy atom. The standard InChI is InChI=1S/C8H12O3/c1-4(9)11-8-3-7(10)5-2-6(5)8/h5-8,10H,2-3H2,1H3. The first-order valence-electron chi connectivity index (χ1n) is 4.04. The van der Waals surface area contributed by atoms with Crippen molar-refractivity contribution in [2.75, 3.05) is 0 Å². The molecule has 0 aliphatic heterocycles. The molecule has 0 aromatic carbocycles. The molecule has 0 saturated heterocycles. The lowest BCUT2D eigenvalue weighted by molar-refractivity contribution is -0.147. The van der Waals surface area contributed by atoms with Gasteiger partial charge in [0.05, 0.1) is 6.10 Å². The van der Waals surface area contributed by atoms with Crippen molar-refractivity contribution >= 4 is 5.97 Å². The molecule has 4 atom stereocenters. The van der Waals surface area contributed by atoms with E-state index in [2.05, 4.69) is 0 Å². The van der Waals surface area contributed by atoms with Gasteiger partial charge in [-0.25, -0.2) is 0 Å². The fraction of sp³-hybridized carbons (Fsp3) is 0.875. The molecule has 62 valence electrons. The molecule has 0 aromatic rings. The van der Waals surface area contributed by atoms with Gasteiger partial charge in [0.25, 0.3) is 0 Å². The van der Waals surface area contributed by atoms with Gasteiger partial charge in [-0.05, 0) is 12.3 Å². The van der Waals surface area contributed by atoms with Crippen LogP contribution in [0, 0.1) is 11.8 Å². The summed E-state index contributed by atoms with van der Waals surface area (Å²) in [6.45, 7) is 1.42. The third-order valence-electron chi connectivity index (χ3n) is 2.65. The molecule has 0 spiro atoms. The minimum Gasteiger partial charge on any atom is -0.462 e. The van der Waals surface area contributed by atoms with E-state index in [0.29, 0.717) is 18.3 Å². The third kappa shape index (κ3) is 1.13. The van der Waals surface area contributed by atoms with Gasteiger partial charge in [-0.2, -0.15) is 0 Å². The molecule has 0 radical (unpaired) electrons. The first-order chi connectivity index (χ1) is 5.18. The number of esters is 1. The number of aliphatic hydroxyl groups is 1. The highest BCUT2D eigenvalue weighted by Crippen LogP contribution is 2.53. The molecule has 0 heterocycles. The van der Waals surface area contributed by atoms with Crippen LogP contribution in [0.4, 0.5) is 0 Å². The van der Waals surface area contributed by atoms with Crippen LogP contribution in [0.2, 0.25) is 0 Å². The first kappa shape index (κ1) is 7.10. The summed E-state index contributed by atoms with van der Waals surface area (Å²) >= 11 is 0. The van der Waals surface area contributed by atoms with Gasteiger partial charge < -0.3 is 9.84 Å². The number of aliphatic hydroxyl groups excluding tert-OH is 1. The van der Waals surface area contributed by atoms with Crippen LogP contribution in [0.1, 0.15) is 19.8 Å². The van der Waals surface area contributed by atoms with Crippen LogP contribution in [-0.2, 0) is 9.53 Å². The summed E-state index contributed by atoms with van der Waals surface area (Å²) in [6.07, 6.45) is 1.48. The maximum Gasteiger partial charge on any atom is 0.302 e. The summed E-state index contributed by atoms with van der Waals surface area (Å²) in [4.78, 5) is 10.6. The van der Waals surface area contributed by atoms with E-state index in [1.807, 2.05) is 0 Å². The molecule has 0 aromatic heterocycles. The monoisotopic (exact) mass is 156 g/mol. The van der Waals surface area contributed by atoms with E-state index in [9.17, 15) is 9.90 Å². The van der Waals surface area contributed by atoms with E-state index >= 15 is 0 Å². The van der Waals surface area contributed by atoms with E-state index in [-0.39, 0.29) is 18.2 Å². The smallest absolute Gasteiger partial charge is 0.302 e. The number of carbonyl (C=O) groups excluding carboxylic acids is 1. The maximum atomic E-state index is 10.6. The predicted molar refractivity (Wildman–Crippen MR) is 37.8 cm³/mol. The molecule has 3 heteroatoms. The van der Waals surface area contributed by atoms with E-state index in [4.69, 9.17) is 4.74 Å². The van der Waals surface area contributed by atoms with Crippen LogP contribution in [0.5, 0.6) is 0 Å². The number of carbonyl (C=O) groups is 1. The second-order valence-electron chi connectivity index (χ2n) is 3.51. The van der Waals surface area contributed by atoms with Crippen LogP contribution in [0.25, 0.3) is 0 Å². The Bertz CT molecular complexity index is 190. The average molecular weight is 156 g/mol. The van der Waals surface area contributed by atoms with Gasteiger partial charge in [0.1, 0.15) is 6.10 Å². The summed E-state index contributed by atoms with van der Waals surface area (Å²) in [7, 11) is 0. The summed E-state index contributed by atoms with van der Waals surface area (Å²) in [5, 5.41) is 9.33. The molecular formula is C8H12O3. The van der Waals surface area contributed by atoms with Gasteiger partial charge in [-0.1, -0.05) is 0 Å². The Labute approximate surface area is 65.4 Å². The average Bonchev–Trinajstić information content (AvgIpc) is 2.57. The number of fused-ring (bicyclic) bond motifs is 1. The van der Waals surface area contributed by atoms with Crippen LogP contribution < -0.4 is 0 Å². The van der Waals surface area contributed by atoms with Crippen molar-refractivity contribution in [2.24, 2.45) is 11.8 Å². The van der Waals surface area contributed by atoms with Crippen molar-refractivity contribution in [3.63, 3.8) is 0 Å². The van der Waals surface area contributed by atoms with E-state index < -0.39 is 0 Å². The quantitative estimate of drug-likeness (QED) is 0.556. The Balaban J connectivity index is 1.92. The van der Waals surface area contributed by atoms with Crippen LogP contribution in [-0.4, -0.2) is 23.3 Å². The number of ether oxygens (including phenoxy) is 1. The molecular weight excluding hydrogens is 144 g/mol. The Hall–Kier alpha value is -0.570. The Morgan fingerprint density at radius 2 is 2.18 bits per heavy atom. The lowest BCUT2D eigenvalue weighted by Gasteiger charge is -2.12. The molecule has 2 aliphatic rings. The summed E-state index contributed by atoms with van der Waals surface area (Å²) < 4.78 is 5.04. The van der Waals surface area contributed by atoms with Crippen molar-refractivity contribution in [3.8, 4) is 0 Å². The minimum absolute atomic E-state index is 0.00694. The van der Waals surface area contributed by atoms with Crippen molar-refractivity contribution < 1.29 is 14.6 Å². The second-order valence-corrected chi connectivity index (χ2v) is 3.51. The number of hydrogen-bond donors (Lipinski definition) is 1. The zero-order valence-corrected chi connectivity index (χ0v) is 6.49. The van der Waals surface area contributed by atoms with Crippen LogP contribution >= 0.6 is 0 Å². The normalized spacial score (nSPS) is 46.7. The number of rotatable bonds is 1. The molecule has 0 bridgehead atoms. The fourth-order valence-electron chi connectivity index (χ4n) is 2.04. The molecule has 4 unspecified atom stereocenters. The number of hydrogen-bond acceptors (Lipinski definition) is 3. The fourth-order valence-corrected chi connectivity index (χ4v) is 2.04. The summed E-state index contributed by atoms with van der Waals surface area (Å²) in [6, 6.07) is 0. The lowest BCUT2D eigenvalue weighted by Crippen LogP contribution is -2.18. The minimum atomic E-state index is -0.227. The van der Waals surface area contributed by atoms with Crippen molar-refractivity contribution in [1.82, 2.24) is 0 Å². The molecule has 2 aliphatic carbocycles. The molecule has 11 heavy (non-hydrogen) atoms. The SMILES string of the molecule is CC(=O)OC1CC(O)C2CC12. The molecule has 1 N–H and O–H groups in total. The third-order valence-corrected chi connectivity index (χ3v) is 2.65. The highest BCUT2D eigenvalue weighted by atomic mass is 16.5. The molecule has 2 rings (SSSR count). The lowest BCUT2D eigenvalue weighted by atomic mass is 10.2. The highest BCUT2D eigenvalue weighted by molar-refractivity contribution is 5.66. The van der Waals surface area contributed by atoms with Crippen LogP contribution in [0.3, 0.4) is 0 Å². The maximum absolute atomic E-state index is 10.6. The largest absolute Gasteiger partial charge is 0.462 e. The van der Waals surface area contributed by atoms with Gasteiger partial charge in [0, 0.05) is 19.3 Å². The first-order valence-corrected chi connectivity index (χ1v) is 4.04. The highest BCUT2D eigenvalue weighted by Gasteiger charge is 2.55.